The Bertz CT molecular complexity index is 1170. The molecule has 0 radical (unpaired) electrons. The largest absolute Gasteiger partial charge is 0.393 e. The fourth-order valence-corrected chi connectivity index (χ4v) is 14.8. The highest BCUT2D eigenvalue weighted by Gasteiger charge is 2.72. The molecule has 8 rings (SSSR count). The van der Waals surface area contributed by atoms with E-state index in [0.717, 1.165) is 102 Å². The van der Waals surface area contributed by atoms with E-state index in [1.54, 1.807) is 0 Å². The number of rotatable bonds is 6. The first-order chi connectivity index (χ1) is 22.4. The Labute approximate surface area is 286 Å². The second-order valence-corrected chi connectivity index (χ2v) is 19.6. The summed E-state index contributed by atoms with van der Waals surface area (Å²) in [6.45, 7) is 20.1. The van der Waals surface area contributed by atoms with Gasteiger partial charge in [0.1, 0.15) is 0 Å². The number of nitrogens with zero attached hydrogens (tertiary/aromatic N) is 2. The number of likely N-dealkylation sites (tertiary alicyclic amines) is 1. The van der Waals surface area contributed by atoms with Gasteiger partial charge in [-0.25, -0.2) is 0 Å². The molecule has 47 heavy (non-hydrogen) atoms. The van der Waals surface area contributed by atoms with Crippen molar-refractivity contribution in [2.24, 2.45) is 62.6 Å². The molecule has 10 atom stereocenters. The van der Waals surface area contributed by atoms with Crippen molar-refractivity contribution in [3.05, 3.63) is 0 Å². The van der Waals surface area contributed by atoms with Gasteiger partial charge in [0.2, 0.25) is 5.91 Å². The minimum Gasteiger partial charge on any atom is -0.393 e. The van der Waals surface area contributed by atoms with Gasteiger partial charge in [-0.05, 0) is 147 Å². The van der Waals surface area contributed by atoms with Crippen LogP contribution in [0.15, 0.2) is 0 Å². The predicted octanol–water partition coefficient (Wildman–Crippen LogP) is 7.18. The van der Waals surface area contributed by atoms with Crippen molar-refractivity contribution in [1.29, 1.82) is 0 Å². The summed E-state index contributed by atoms with van der Waals surface area (Å²) >= 11 is 0. The van der Waals surface area contributed by atoms with Crippen LogP contribution in [-0.4, -0.2) is 85.6 Å². The minimum atomic E-state index is -0.164. The average Bonchev–Trinajstić information content (AvgIpc) is 3.83. The molecular formula is C41H68N2O4. The number of fused-ring (bicyclic) bond motifs is 7. The topological polar surface area (TPSA) is 62.2 Å². The summed E-state index contributed by atoms with van der Waals surface area (Å²) in [5, 5.41) is 11.1. The van der Waals surface area contributed by atoms with Crippen LogP contribution in [0.2, 0.25) is 0 Å². The lowest BCUT2D eigenvalue weighted by atomic mass is 9.32. The highest BCUT2D eigenvalue weighted by atomic mass is 16.5. The van der Waals surface area contributed by atoms with Crippen molar-refractivity contribution in [3.8, 4) is 0 Å². The number of amides is 1. The lowest BCUT2D eigenvalue weighted by molar-refractivity contribution is -0.248. The molecule has 1 N–H and O–H groups in total. The number of piperidine rings is 1. The van der Waals surface area contributed by atoms with Crippen molar-refractivity contribution >= 4 is 5.91 Å². The fourth-order valence-electron chi connectivity index (χ4n) is 14.8. The Balaban J connectivity index is 0.995. The number of aliphatic hydroxyl groups is 1. The van der Waals surface area contributed by atoms with Gasteiger partial charge in [0.15, 0.2) is 0 Å². The molecule has 8 fully saturated rings. The predicted molar refractivity (Wildman–Crippen MR) is 186 cm³/mol. The standard InChI is InChI=1S/C41H68N2O4/c1-37(2)32-11-16-40(5)33(38(32,3)15-12-34(37)44)9-8-31-35-30(28-6-7-28)10-17-41(35,19-18-39(31,40)4)36(45)43-20-13-29(14-21-43)47-27-24-42-22-25-46-26-23-42/h28-35,44H,6-27H2,1-5H3/t30-,31+,32-,33+,34-,35+,38-,39+,40+,41-/m0/s1. The van der Waals surface area contributed by atoms with Gasteiger partial charge in [-0.15, -0.1) is 0 Å². The van der Waals surface area contributed by atoms with E-state index < -0.39 is 0 Å². The van der Waals surface area contributed by atoms with Gasteiger partial charge in [-0.1, -0.05) is 34.6 Å². The summed E-state index contributed by atoms with van der Waals surface area (Å²) in [5.74, 6) is 4.79. The molecule has 2 heterocycles. The van der Waals surface area contributed by atoms with Crippen LogP contribution in [0.25, 0.3) is 0 Å². The summed E-state index contributed by atoms with van der Waals surface area (Å²) in [5.41, 5.74) is 0.820. The lowest BCUT2D eigenvalue weighted by Gasteiger charge is -2.73. The third-order valence-electron chi connectivity index (χ3n) is 17.7. The maximum absolute atomic E-state index is 15.0. The Morgan fingerprint density at radius 3 is 2.23 bits per heavy atom. The molecule has 0 aromatic carbocycles. The molecule has 8 aliphatic rings. The van der Waals surface area contributed by atoms with Crippen molar-refractivity contribution in [2.45, 2.75) is 137 Å². The van der Waals surface area contributed by atoms with Gasteiger partial charge in [-0.2, -0.15) is 0 Å². The molecule has 0 bridgehead atoms. The van der Waals surface area contributed by atoms with Crippen molar-refractivity contribution in [1.82, 2.24) is 9.80 Å². The minimum absolute atomic E-state index is 0.00394. The number of carbonyl (C=O) groups excluding carboxylic acids is 1. The molecule has 266 valence electrons. The highest BCUT2D eigenvalue weighted by Crippen LogP contribution is 2.78. The number of carbonyl (C=O) groups is 1. The van der Waals surface area contributed by atoms with E-state index in [-0.39, 0.29) is 16.9 Å². The van der Waals surface area contributed by atoms with E-state index >= 15 is 0 Å². The van der Waals surface area contributed by atoms with Crippen molar-refractivity contribution in [3.63, 3.8) is 0 Å². The first-order valence-corrected chi connectivity index (χ1v) is 20.3. The van der Waals surface area contributed by atoms with Crippen LogP contribution in [-0.2, 0) is 14.3 Å². The second-order valence-electron chi connectivity index (χ2n) is 19.6. The maximum Gasteiger partial charge on any atom is 0.229 e. The van der Waals surface area contributed by atoms with Crippen LogP contribution in [0.1, 0.15) is 125 Å². The Kier molecular flexibility index (Phi) is 8.50. The monoisotopic (exact) mass is 653 g/mol. The molecule has 0 aromatic rings. The quantitative estimate of drug-likeness (QED) is 0.330. The molecule has 0 aromatic heterocycles. The van der Waals surface area contributed by atoms with E-state index in [2.05, 4.69) is 44.4 Å². The smallest absolute Gasteiger partial charge is 0.229 e. The number of aliphatic hydroxyl groups excluding tert-OH is 1. The Hall–Kier alpha value is -0.690. The van der Waals surface area contributed by atoms with E-state index in [9.17, 15) is 9.90 Å². The molecular weight excluding hydrogens is 584 g/mol. The summed E-state index contributed by atoms with van der Waals surface area (Å²) in [7, 11) is 0. The third kappa shape index (κ3) is 5.08. The van der Waals surface area contributed by atoms with Crippen LogP contribution >= 0.6 is 0 Å². The molecule has 0 unspecified atom stereocenters. The van der Waals surface area contributed by atoms with Gasteiger partial charge >= 0.3 is 0 Å². The molecule has 0 spiro atoms. The van der Waals surface area contributed by atoms with E-state index in [1.807, 2.05) is 0 Å². The molecule has 6 nitrogen and oxygen atoms in total. The Morgan fingerprint density at radius 2 is 1.51 bits per heavy atom. The summed E-state index contributed by atoms with van der Waals surface area (Å²) in [6.07, 6.45) is 17.1. The first-order valence-electron chi connectivity index (χ1n) is 20.3. The molecule has 2 saturated heterocycles. The van der Waals surface area contributed by atoms with Crippen LogP contribution in [0, 0.1) is 62.6 Å². The van der Waals surface area contributed by atoms with Gasteiger partial charge in [-0.3, -0.25) is 9.69 Å². The zero-order valence-corrected chi connectivity index (χ0v) is 30.7. The van der Waals surface area contributed by atoms with E-state index in [1.165, 1.54) is 57.8 Å². The average molecular weight is 653 g/mol. The Morgan fingerprint density at radius 1 is 0.766 bits per heavy atom. The summed E-state index contributed by atoms with van der Waals surface area (Å²) in [6, 6.07) is 0. The molecule has 1 amide bonds. The first kappa shape index (κ1) is 33.5. The number of hydrogen-bond acceptors (Lipinski definition) is 5. The number of morpholine rings is 1. The van der Waals surface area contributed by atoms with Crippen molar-refractivity contribution in [2.75, 3.05) is 52.5 Å². The van der Waals surface area contributed by atoms with E-state index in [4.69, 9.17) is 9.47 Å². The fraction of sp³-hybridized carbons (Fsp3) is 0.976. The number of hydrogen-bond donors (Lipinski definition) is 1. The number of ether oxygens (including phenoxy) is 2. The van der Waals surface area contributed by atoms with Crippen LogP contribution in [0.4, 0.5) is 0 Å². The lowest BCUT2D eigenvalue weighted by Crippen LogP contribution is -2.67. The summed E-state index contributed by atoms with van der Waals surface area (Å²) < 4.78 is 11.9. The highest BCUT2D eigenvalue weighted by molar-refractivity contribution is 5.84. The molecule has 2 aliphatic heterocycles. The third-order valence-corrected chi connectivity index (χ3v) is 17.7. The van der Waals surface area contributed by atoms with E-state index in [0.29, 0.717) is 46.0 Å². The van der Waals surface area contributed by atoms with Crippen molar-refractivity contribution < 1.29 is 19.4 Å². The van der Waals surface area contributed by atoms with Gasteiger partial charge in [0, 0.05) is 32.7 Å². The van der Waals surface area contributed by atoms with Gasteiger partial charge in [0.25, 0.3) is 0 Å². The molecule has 6 saturated carbocycles. The van der Waals surface area contributed by atoms with Gasteiger partial charge < -0.3 is 19.5 Å². The maximum atomic E-state index is 15.0. The molecule has 6 aliphatic carbocycles. The van der Waals surface area contributed by atoms with Crippen LogP contribution in [0.3, 0.4) is 0 Å². The normalized spacial score (nSPS) is 48.7. The zero-order valence-electron chi connectivity index (χ0n) is 30.7. The van der Waals surface area contributed by atoms with Gasteiger partial charge in [0.05, 0.1) is 37.4 Å². The second kappa shape index (κ2) is 11.9. The van der Waals surface area contributed by atoms with Crippen LogP contribution < -0.4 is 0 Å². The molecule has 6 heteroatoms. The summed E-state index contributed by atoms with van der Waals surface area (Å²) in [4.78, 5) is 19.8. The SMILES string of the molecule is CC1(C)[C@@H](O)CC[C@]2(C)[C@H]3CC[C@@H]4[C@H]5[C@H](C6CC6)CC[C@]5(C(=O)N5CCC(OCCN6CCOCC6)CC5)CC[C@@]4(C)[C@]3(C)CC[C@@H]12. The zero-order chi connectivity index (χ0) is 32.8. The van der Waals surface area contributed by atoms with Crippen LogP contribution in [0.5, 0.6) is 0 Å².